The van der Waals surface area contributed by atoms with E-state index in [9.17, 15) is 0 Å². The first kappa shape index (κ1) is 20.5. The summed E-state index contributed by atoms with van der Waals surface area (Å²) in [7, 11) is 2.27. The lowest BCUT2D eigenvalue weighted by atomic mass is 10.0. The topological polar surface area (TPSA) is 61.7 Å². The first-order valence-corrected chi connectivity index (χ1v) is 10.9. The molecule has 0 spiro atoms. The van der Waals surface area contributed by atoms with E-state index in [2.05, 4.69) is 71.1 Å². The number of likely N-dealkylation sites (N-methyl/N-ethyl adjacent to an activating group) is 1. The summed E-state index contributed by atoms with van der Waals surface area (Å²) in [5.41, 5.74) is 2.54. The summed E-state index contributed by atoms with van der Waals surface area (Å²) in [4.78, 5) is 3.12. The maximum absolute atomic E-state index is 5.65. The largest absolute Gasteiger partial charge is 0.494 e. The molecule has 1 aromatic heterocycles. The molecule has 0 saturated carbocycles. The highest BCUT2D eigenvalue weighted by Gasteiger charge is 2.34. The lowest BCUT2D eigenvalue weighted by molar-refractivity contribution is -1.02. The molecule has 1 aliphatic rings. The molecule has 0 bridgehead atoms. The number of piperazine rings is 1. The van der Waals surface area contributed by atoms with Crippen molar-refractivity contribution in [3.8, 4) is 5.75 Å². The van der Waals surface area contributed by atoms with Gasteiger partial charge in [0.15, 0.2) is 6.04 Å². The number of aryl methyl sites for hydroxylation is 2. The molecule has 1 fully saturated rings. The van der Waals surface area contributed by atoms with E-state index in [4.69, 9.17) is 4.74 Å². The Morgan fingerprint density at radius 3 is 2.43 bits per heavy atom. The maximum Gasteiger partial charge on any atom is 0.214 e. The van der Waals surface area contributed by atoms with Gasteiger partial charge in [-0.05, 0) is 53.6 Å². The Balaban J connectivity index is 1.60. The second-order valence-electron chi connectivity index (χ2n) is 8.05. The summed E-state index contributed by atoms with van der Waals surface area (Å²) >= 11 is 0. The highest BCUT2D eigenvalue weighted by Crippen LogP contribution is 2.21. The maximum atomic E-state index is 5.65. The van der Waals surface area contributed by atoms with Gasteiger partial charge in [-0.25, -0.2) is 4.68 Å². The van der Waals surface area contributed by atoms with Gasteiger partial charge in [0, 0.05) is 12.1 Å². The van der Waals surface area contributed by atoms with E-state index in [1.165, 1.54) is 16.0 Å². The summed E-state index contributed by atoms with van der Waals surface area (Å²) in [5.74, 6) is 1.85. The smallest absolute Gasteiger partial charge is 0.214 e. The standard InChI is InChI=1S/C23H30N6O/c1-3-30-21-11-9-20(10-12-21)22(28-17-15-27(2)16-18-28)23-24-25-26-29(23)14-13-19-7-5-4-6-8-19/h4-12,22H,3,13-18H2,1-2H3/p+2/t22-/m0/s1. The van der Waals surface area contributed by atoms with Crippen molar-refractivity contribution in [2.45, 2.75) is 25.9 Å². The summed E-state index contributed by atoms with van der Waals surface area (Å²) in [6, 6.07) is 19.1. The molecule has 0 amide bonds. The number of benzene rings is 2. The van der Waals surface area contributed by atoms with Crippen LogP contribution in [0, 0.1) is 0 Å². The van der Waals surface area contributed by atoms with Crippen molar-refractivity contribution in [3.05, 3.63) is 71.5 Å². The number of tetrazole rings is 1. The molecule has 30 heavy (non-hydrogen) atoms. The Kier molecular flexibility index (Phi) is 6.71. The van der Waals surface area contributed by atoms with E-state index >= 15 is 0 Å². The van der Waals surface area contributed by atoms with Crippen molar-refractivity contribution in [1.29, 1.82) is 0 Å². The van der Waals surface area contributed by atoms with Gasteiger partial charge in [0.25, 0.3) is 0 Å². The Hall–Kier alpha value is -2.77. The number of nitrogens with one attached hydrogen (secondary N) is 2. The Morgan fingerprint density at radius 1 is 1.00 bits per heavy atom. The van der Waals surface area contributed by atoms with Gasteiger partial charge in [0.05, 0.1) is 13.7 Å². The van der Waals surface area contributed by atoms with Crippen LogP contribution >= 0.6 is 0 Å². The second kappa shape index (κ2) is 9.82. The van der Waals surface area contributed by atoms with E-state index in [-0.39, 0.29) is 6.04 Å². The van der Waals surface area contributed by atoms with Crippen molar-refractivity contribution in [2.75, 3.05) is 39.8 Å². The van der Waals surface area contributed by atoms with E-state index in [1.54, 1.807) is 4.90 Å². The predicted molar refractivity (Wildman–Crippen MR) is 115 cm³/mol. The molecule has 3 aromatic rings. The molecule has 1 atom stereocenters. The summed E-state index contributed by atoms with van der Waals surface area (Å²) in [5, 5.41) is 12.9. The highest BCUT2D eigenvalue weighted by molar-refractivity contribution is 5.30. The van der Waals surface area contributed by atoms with Crippen LogP contribution in [0.15, 0.2) is 54.6 Å². The van der Waals surface area contributed by atoms with Crippen LogP contribution in [-0.2, 0) is 13.0 Å². The zero-order valence-electron chi connectivity index (χ0n) is 17.9. The zero-order chi connectivity index (χ0) is 20.8. The summed E-state index contributed by atoms with van der Waals surface area (Å²) < 4.78 is 7.64. The van der Waals surface area contributed by atoms with E-state index in [0.717, 1.165) is 50.7 Å². The first-order valence-electron chi connectivity index (χ1n) is 10.9. The minimum atomic E-state index is 0.125. The Labute approximate surface area is 178 Å². The summed E-state index contributed by atoms with van der Waals surface area (Å²) in [6.07, 6.45) is 0.914. The van der Waals surface area contributed by atoms with Crippen molar-refractivity contribution in [2.24, 2.45) is 0 Å². The fourth-order valence-electron chi connectivity index (χ4n) is 4.23. The number of rotatable bonds is 8. The Morgan fingerprint density at radius 2 is 1.73 bits per heavy atom. The van der Waals surface area contributed by atoms with Crippen LogP contribution < -0.4 is 14.5 Å². The monoisotopic (exact) mass is 408 g/mol. The number of ether oxygens (including phenoxy) is 1. The average molecular weight is 409 g/mol. The molecule has 1 saturated heterocycles. The van der Waals surface area contributed by atoms with Crippen molar-refractivity contribution < 1.29 is 14.5 Å². The third-order valence-corrected chi connectivity index (χ3v) is 5.95. The molecule has 0 aliphatic carbocycles. The van der Waals surface area contributed by atoms with Gasteiger partial charge in [-0.2, -0.15) is 0 Å². The van der Waals surface area contributed by atoms with E-state index in [0.29, 0.717) is 6.61 Å². The fourth-order valence-corrected chi connectivity index (χ4v) is 4.23. The minimum absolute atomic E-state index is 0.125. The number of aromatic nitrogens is 4. The van der Waals surface area contributed by atoms with E-state index < -0.39 is 0 Å². The van der Waals surface area contributed by atoms with Gasteiger partial charge in [-0.3, -0.25) is 0 Å². The van der Waals surface area contributed by atoms with Crippen LogP contribution in [0.3, 0.4) is 0 Å². The third kappa shape index (κ3) is 4.86. The molecule has 2 heterocycles. The van der Waals surface area contributed by atoms with Gasteiger partial charge in [0.2, 0.25) is 5.82 Å². The van der Waals surface area contributed by atoms with Crippen LogP contribution in [-0.4, -0.2) is 60.0 Å². The van der Waals surface area contributed by atoms with Crippen LogP contribution in [0.1, 0.15) is 29.9 Å². The number of hydrogen-bond acceptors (Lipinski definition) is 4. The molecule has 2 N–H and O–H groups in total. The Bertz CT molecular complexity index is 903. The quantitative estimate of drug-likeness (QED) is 0.543. The first-order chi connectivity index (χ1) is 14.7. The van der Waals surface area contributed by atoms with Gasteiger partial charge in [0.1, 0.15) is 31.9 Å². The lowest BCUT2D eigenvalue weighted by Gasteiger charge is -2.32. The SMILES string of the molecule is CCOc1ccc([C@@H](c2nnnn2CCc2ccccc2)[NH+]2CC[NH+](C)CC2)cc1. The van der Waals surface area contributed by atoms with Gasteiger partial charge in [-0.1, -0.05) is 30.3 Å². The normalized spacial score (nSPS) is 20.1. The van der Waals surface area contributed by atoms with Crippen LogP contribution in [0.2, 0.25) is 0 Å². The number of nitrogens with zero attached hydrogens (tertiary/aromatic N) is 4. The predicted octanol–water partition coefficient (Wildman–Crippen LogP) is -0.183. The van der Waals surface area contributed by atoms with Crippen molar-refractivity contribution in [1.82, 2.24) is 20.2 Å². The fraction of sp³-hybridized carbons (Fsp3) is 0.435. The van der Waals surface area contributed by atoms with Crippen LogP contribution in [0.5, 0.6) is 5.75 Å². The highest BCUT2D eigenvalue weighted by atomic mass is 16.5. The van der Waals surface area contributed by atoms with E-state index in [1.807, 2.05) is 17.7 Å². The number of hydrogen-bond donors (Lipinski definition) is 2. The van der Waals surface area contributed by atoms with Gasteiger partial charge < -0.3 is 14.5 Å². The lowest BCUT2D eigenvalue weighted by Crippen LogP contribution is -3.27. The molecule has 2 aromatic carbocycles. The number of quaternary nitrogens is 2. The zero-order valence-corrected chi connectivity index (χ0v) is 17.9. The second-order valence-corrected chi connectivity index (χ2v) is 8.05. The molecular formula is C23H32N6O+2. The van der Waals surface area contributed by atoms with Gasteiger partial charge >= 0.3 is 0 Å². The third-order valence-electron chi connectivity index (χ3n) is 5.95. The summed E-state index contributed by atoms with van der Waals surface area (Å²) in [6.45, 7) is 7.99. The minimum Gasteiger partial charge on any atom is -0.494 e. The van der Waals surface area contributed by atoms with Crippen molar-refractivity contribution >= 4 is 0 Å². The van der Waals surface area contributed by atoms with Gasteiger partial charge in [-0.15, -0.1) is 5.10 Å². The average Bonchev–Trinajstić information content (AvgIpc) is 3.24. The molecule has 0 radical (unpaired) electrons. The molecule has 0 unspecified atom stereocenters. The van der Waals surface area contributed by atoms with Crippen molar-refractivity contribution in [3.63, 3.8) is 0 Å². The molecule has 4 rings (SSSR count). The molecule has 158 valence electrons. The molecule has 1 aliphatic heterocycles. The van der Waals surface area contributed by atoms with Crippen LogP contribution in [0.25, 0.3) is 0 Å². The molecule has 7 heteroatoms. The molecular weight excluding hydrogens is 376 g/mol. The van der Waals surface area contributed by atoms with Crippen LogP contribution in [0.4, 0.5) is 0 Å². The molecule has 7 nitrogen and oxygen atoms in total.